The summed E-state index contributed by atoms with van der Waals surface area (Å²) < 4.78 is 5.65. The highest BCUT2D eigenvalue weighted by Crippen LogP contribution is 2.14. The lowest BCUT2D eigenvalue weighted by molar-refractivity contribution is 0.282. The topological polar surface area (TPSA) is 9.23 Å². The summed E-state index contributed by atoms with van der Waals surface area (Å²) in [5.74, 6) is 2.64. The standard InChI is InChI=1S/C13H20OS/c1-11-3-5-13(6-4-11)14-9-7-12(2)8-10-15/h3-6,12,15H,7-10H2,1-2H3. The maximum absolute atomic E-state index is 5.65. The van der Waals surface area contributed by atoms with Crippen LogP contribution >= 0.6 is 12.6 Å². The van der Waals surface area contributed by atoms with Gasteiger partial charge in [0.1, 0.15) is 5.75 Å². The lowest BCUT2D eigenvalue weighted by atomic mass is 10.1. The predicted octanol–water partition coefficient (Wildman–Crippen LogP) is 3.72. The van der Waals surface area contributed by atoms with E-state index < -0.39 is 0 Å². The van der Waals surface area contributed by atoms with Gasteiger partial charge in [0.15, 0.2) is 0 Å². The summed E-state index contributed by atoms with van der Waals surface area (Å²) >= 11 is 4.22. The number of hydrogen-bond acceptors (Lipinski definition) is 2. The van der Waals surface area contributed by atoms with Crippen LogP contribution in [0.5, 0.6) is 5.75 Å². The van der Waals surface area contributed by atoms with Gasteiger partial charge >= 0.3 is 0 Å². The molecule has 0 spiro atoms. The van der Waals surface area contributed by atoms with Crippen LogP contribution in [-0.2, 0) is 0 Å². The fraction of sp³-hybridized carbons (Fsp3) is 0.538. The molecule has 1 atom stereocenters. The lowest BCUT2D eigenvalue weighted by Crippen LogP contribution is -2.04. The Balaban J connectivity index is 2.22. The molecule has 1 nitrogen and oxygen atoms in total. The number of benzene rings is 1. The summed E-state index contributed by atoms with van der Waals surface area (Å²) in [5, 5.41) is 0. The maximum atomic E-state index is 5.65. The molecule has 0 aliphatic heterocycles. The van der Waals surface area contributed by atoms with Crippen molar-refractivity contribution >= 4 is 12.6 Å². The molecule has 0 saturated heterocycles. The SMILES string of the molecule is Cc1ccc(OCCC(C)CCS)cc1. The predicted molar refractivity (Wildman–Crippen MR) is 68.9 cm³/mol. The first kappa shape index (κ1) is 12.4. The second-order valence-electron chi connectivity index (χ2n) is 4.07. The molecule has 1 aromatic rings. The van der Waals surface area contributed by atoms with Crippen molar-refractivity contribution in [2.75, 3.05) is 12.4 Å². The van der Waals surface area contributed by atoms with Crippen molar-refractivity contribution in [1.82, 2.24) is 0 Å². The van der Waals surface area contributed by atoms with Crippen molar-refractivity contribution in [3.8, 4) is 5.75 Å². The summed E-state index contributed by atoms with van der Waals surface area (Å²) in [4.78, 5) is 0. The third-order valence-electron chi connectivity index (χ3n) is 2.52. The largest absolute Gasteiger partial charge is 0.494 e. The van der Waals surface area contributed by atoms with E-state index in [0.29, 0.717) is 5.92 Å². The van der Waals surface area contributed by atoms with E-state index in [1.165, 1.54) is 12.0 Å². The quantitative estimate of drug-likeness (QED) is 0.725. The Labute approximate surface area is 98.3 Å². The molecule has 1 rings (SSSR count). The zero-order valence-corrected chi connectivity index (χ0v) is 10.5. The van der Waals surface area contributed by atoms with E-state index in [4.69, 9.17) is 4.74 Å². The van der Waals surface area contributed by atoms with E-state index in [-0.39, 0.29) is 0 Å². The van der Waals surface area contributed by atoms with Gasteiger partial charge in [0.25, 0.3) is 0 Å². The van der Waals surface area contributed by atoms with Crippen molar-refractivity contribution in [2.24, 2.45) is 5.92 Å². The van der Waals surface area contributed by atoms with Crippen LogP contribution in [0.25, 0.3) is 0 Å². The molecule has 0 amide bonds. The molecule has 15 heavy (non-hydrogen) atoms. The van der Waals surface area contributed by atoms with E-state index in [0.717, 1.165) is 24.5 Å². The van der Waals surface area contributed by atoms with Crippen molar-refractivity contribution in [3.63, 3.8) is 0 Å². The van der Waals surface area contributed by atoms with Gasteiger partial charge in [-0.15, -0.1) is 0 Å². The van der Waals surface area contributed by atoms with Crippen LogP contribution in [0.4, 0.5) is 0 Å². The molecule has 0 radical (unpaired) electrons. The first-order valence-electron chi connectivity index (χ1n) is 5.52. The molecule has 0 aliphatic rings. The van der Waals surface area contributed by atoms with Crippen LogP contribution in [-0.4, -0.2) is 12.4 Å². The van der Waals surface area contributed by atoms with Gasteiger partial charge in [-0.05, 0) is 43.6 Å². The fourth-order valence-electron chi connectivity index (χ4n) is 1.38. The summed E-state index contributed by atoms with van der Waals surface area (Å²) in [6.07, 6.45) is 2.27. The number of thiol groups is 1. The van der Waals surface area contributed by atoms with Crippen molar-refractivity contribution < 1.29 is 4.74 Å². The van der Waals surface area contributed by atoms with Gasteiger partial charge in [-0.1, -0.05) is 24.6 Å². The zero-order chi connectivity index (χ0) is 11.1. The molecular weight excluding hydrogens is 204 g/mol. The maximum Gasteiger partial charge on any atom is 0.119 e. The van der Waals surface area contributed by atoms with Gasteiger partial charge < -0.3 is 4.74 Å². The molecule has 0 aromatic heterocycles. The van der Waals surface area contributed by atoms with Gasteiger partial charge in [-0.2, -0.15) is 12.6 Å². The average molecular weight is 224 g/mol. The van der Waals surface area contributed by atoms with Gasteiger partial charge in [-0.25, -0.2) is 0 Å². The second kappa shape index (κ2) is 6.78. The zero-order valence-electron chi connectivity index (χ0n) is 9.57. The molecule has 0 aliphatic carbocycles. The molecule has 0 heterocycles. The number of hydrogen-bond donors (Lipinski definition) is 1. The minimum absolute atomic E-state index is 0.702. The van der Waals surface area contributed by atoms with E-state index in [9.17, 15) is 0 Å². The summed E-state index contributed by atoms with van der Waals surface area (Å²) in [5.41, 5.74) is 1.27. The molecular formula is C13H20OS. The Morgan fingerprint density at radius 1 is 1.20 bits per heavy atom. The molecule has 1 unspecified atom stereocenters. The Morgan fingerprint density at radius 3 is 2.47 bits per heavy atom. The summed E-state index contributed by atoms with van der Waals surface area (Å²) in [7, 11) is 0. The molecule has 1 aromatic carbocycles. The van der Waals surface area contributed by atoms with Crippen LogP contribution in [0.1, 0.15) is 25.3 Å². The van der Waals surface area contributed by atoms with Crippen LogP contribution in [0.3, 0.4) is 0 Å². The minimum Gasteiger partial charge on any atom is -0.494 e. The van der Waals surface area contributed by atoms with Crippen LogP contribution in [0, 0.1) is 12.8 Å². The third kappa shape index (κ3) is 5.12. The fourth-order valence-corrected chi connectivity index (χ4v) is 1.82. The first-order valence-corrected chi connectivity index (χ1v) is 6.16. The van der Waals surface area contributed by atoms with Gasteiger partial charge in [0.2, 0.25) is 0 Å². The number of rotatable bonds is 6. The van der Waals surface area contributed by atoms with E-state index in [1.54, 1.807) is 0 Å². The highest BCUT2D eigenvalue weighted by Gasteiger charge is 2.01. The third-order valence-corrected chi connectivity index (χ3v) is 2.78. The molecule has 0 N–H and O–H groups in total. The minimum atomic E-state index is 0.702. The van der Waals surface area contributed by atoms with Crippen LogP contribution < -0.4 is 4.74 Å². The van der Waals surface area contributed by atoms with Crippen LogP contribution in [0.15, 0.2) is 24.3 Å². The monoisotopic (exact) mass is 224 g/mol. The van der Waals surface area contributed by atoms with Gasteiger partial charge in [-0.3, -0.25) is 0 Å². The Kier molecular flexibility index (Phi) is 5.62. The highest BCUT2D eigenvalue weighted by molar-refractivity contribution is 7.80. The van der Waals surface area contributed by atoms with Gasteiger partial charge in [0, 0.05) is 0 Å². The molecule has 0 bridgehead atoms. The summed E-state index contributed by atoms with van der Waals surface area (Å²) in [6.45, 7) is 5.13. The first-order chi connectivity index (χ1) is 7.22. The normalized spacial score (nSPS) is 12.5. The van der Waals surface area contributed by atoms with Crippen molar-refractivity contribution in [3.05, 3.63) is 29.8 Å². The molecule has 84 valence electrons. The van der Waals surface area contributed by atoms with E-state index >= 15 is 0 Å². The molecule has 2 heteroatoms. The van der Waals surface area contributed by atoms with E-state index in [1.807, 2.05) is 12.1 Å². The van der Waals surface area contributed by atoms with Crippen LogP contribution in [0.2, 0.25) is 0 Å². The highest BCUT2D eigenvalue weighted by atomic mass is 32.1. The smallest absolute Gasteiger partial charge is 0.119 e. The average Bonchev–Trinajstić information content (AvgIpc) is 2.21. The van der Waals surface area contributed by atoms with Gasteiger partial charge in [0.05, 0.1) is 6.61 Å². The second-order valence-corrected chi connectivity index (χ2v) is 4.51. The lowest BCUT2D eigenvalue weighted by Gasteiger charge is -2.11. The number of aryl methyl sites for hydroxylation is 1. The van der Waals surface area contributed by atoms with Crippen molar-refractivity contribution in [2.45, 2.75) is 26.7 Å². The number of ether oxygens (including phenoxy) is 1. The Hall–Kier alpha value is -0.630. The summed E-state index contributed by atoms with van der Waals surface area (Å²) in [6, 6.07) is 8.20. The molecule has 0 saturated carbocycles. The Morgan fingerprint density at radius 2 is 1.87 bits per heavy atom. The molecule has 0 fully saturated rings. The van der Waals surface area contributed by atoms with Crippen molar-refractivity contribution in [1.29, 1.82) is 0 Å². The van der Waals surface area contributed by atoms with E-state index in [2.05, 4.69) is 38.6 Å². The Bertz CT molecular complexity index is 268.